The van der Waals surface area contributed by atoms with Crippen LogP contribution in [0.1, 0.15) is 22.0 Å². The minimum atomic E-state index is -0.114. The molecule has 1 atom stereocenters. The van der Waals surface area contributed by atoms with Crippen molar-refractivity contribution < 1.29 is 14.3 Å². The molecule has 1 N–H and O–H groups in total. The second kappa shape index (κ2) is 9.24. The predicted molar refractivity (Wildman–Crippen MR) is 109 cm³/mol. The molecule has 2 aromatic carbocycles. The van der Waals surface area contributed by atoms with E-state index < -0.39 is 0 Å². The van der Waals surface area contributed by atoms with Gasteiger partial charge in [0.2, 0.25) is 5.91 Å². The van der Waals surface area contributed by atoms with Crippen molar-refractivity contribution in [2.45, 2.75) is 18.9 Å². The quantitative estimate of drug-likeness (QED) is 0.629. The van der Waals surface area contributed by atoms with Gasteiger partial charge in [0, 0.05) is 4.88 Å². The Kier molecular flexibility index (Phi) is 6.49. The number of hydrogen-bond donors (Lipinski definition) is 1. The van der Waals surface area contributed by atoms with Gasteiger partial charge in [0.25, 0.3) is 0 Å². The van der Waals surface area contributed by atoms with Crippen molar-refractivity contribution in [3.8, 4) is 11.5 Å². The van der Waals surface area contributed by atoms with E-state index in [0.717, 1.165) is 27.5 Å². The van der Waals surface area contributed by atoms with Gasteiger partial charge in [-0.15, -0.1) is 11.3 Å². The Balaban J connectivity index is 1.77. The first-order chi connectivity index (χ1) is 13.2. The Morgan fingerprint density at radius 1 is 0.963 bits per heavy atom. The fourth-order valence-corrected chi connectivity index (χ4v) is 3.61. The zero-order chi connectivity index (χ0) is 19.1. The van der Waals surface area contributed by atoms with E-state index >= 15 is 0 Å². The lowest BCUT2D eigenvalue weighted by Crippen LogP contribution is -2.31. The van der Waals surface area contributed by atoms with Crippen LogP contribution in [0.2, 0.25) is 0 Å². The number of thiophene rings is 1. The molecule has 140 valence electrons. The molecule has 0 saturated carbocycles. The first kappa shape index (κ1) is 19.0. The van der Waals surface area contributed by atoms with Gasteiger partial charge in [0.05, 0.1) is 26.7 Å². The third-order valence-electron chi connectivity index (χ3n) is 4.37. The zero-order valence-corrected chi connectivity index (χ0v) is 16.3. The van der Waals surface area contributed by atoms with Gasteiger partial charge in [0.15, 0.2) is 0 Å². The summed E-state index contributed by atoms with van der Waals surface area (Å²) in [4.78, 5) is 13.6. The highest BCUT2D eigenvalue weighted by atomic mass is 32.1. The summed E-state index contributed by atoms with van der Waals surface area (Å²) in [5, 5.41) is 5.17. The van der Waals surface area contributed by atoms with Gasteiger partial charge in [-0.25, -0.2) is 0 Å². The van der Waals surface area contributed by atoms with Crippen molar-refractivity contribution in [1.29, 1.82) is 0 Å². The molecule has 0 saturated heterocycles. The molecule has 0 aliphatic rings. The molecule has 1 aromatic heterocycles. The lowest BCUT2D eigenvalue weighted by molar-refractivity contribution is -0.121. The fourth-order valence-electron chi connectivity index (χ4n) is 2.90. The number of carbonyl (C=O) groups is 1. The topological polar surface area (TPSA) is 47.6 Å². The van der Waals surface area contributed by atoms with Crippen molar-refractivity contribution >= 4 is 17.2 Å². The molecule has 1 amide bonds. The highest BCUT2D eigenvalue weighted by Crippen LogP contribution is 2.23. The normalized spacial score (nSPS) is 11.6. The van der Waals surface area contributed by atoms with Crippen LogP contribution in [0.15, 0.2) is 66.0 Å². The molecule has 4 nitrogen and oxygen atoms in total. The van der Waals surface area contributed by atoms with Crippen molar-refractivity contribution in [3.63, 3.8) is 0 Å². The standard InChI is InChI=1S/C22H23NO3S/c1-25-18-9-5-16(6-10-18)14-21(17-7-11-19(26-2)12-8-17)23-22(24)15-20-4-3-13-27-20/h3-13,21H,14-15H2,1-2H3,(H,23,24). The van der Waals surface area contributed by atoms with Crippen LogP contribution in [-0.4, -0.2) is 20.1 Å². The van der Waals surface area contributed by atoms with Crippen molar-refractivity contribution in [2.75, 3.05) is 14.2 Å². The van der Waals surface area contributed by atoms with Crippen LogP contribution in [0, 0.1) is 0 Å². The summed E-state index contributed by atoms with van der Waals surface area (Å²) in [6.07, 6.45) is 1.10. The number of hydrogen-bond acceptors (Lipinski definition) is 4. The summed E-state index contributed by atoms with van der Waals surface area (Å²) >= 11 is 1.60. The maximum atomic E-state index is 12.6. The number of carbonyl (C=O) groups excluding carboxylic acids is 1. The van der Waals surface area contributed by atoms with Crippen LogP contribution in [0.4, 0.5) is 0 Å². The van der Waals surface area contributed by atoms with Gasteiger partial charge < -0.3 is 14.8 Å². The molecule has 1 unspecified atom stereocenters. The smallest absolute Gasteiger partial charge is 0.225 e. The van der Waals surface area contributed by atoms with E-state index in [0.29, 0.717) is 12.8 Å². The van der Waals surface area contributed by atoms with Gasteiger partial charge in [-0.05, 0) is 53.3 Å². The summed E-state index contributed by atoms with van der Waals surface area (Å²) in [6, 6.07) is 19.6. The number of methoxy groups -OCH3 is 2. The maximum absolute atomic E-state index is 12.6. The fraction of sp³-hybridized carbons (Fsp3) is 0.227. The highest BCUT2D eigenvalue weighted by Gasteiger charge is 2.16. The first-order valence-corrected chi connectivity index (χ1v) is 9.64. The molecular weight excluding hydrogens is 358 g/mol. The lowest BCUT2D eigenvalue weighted by atomic mass is 9.98. The van der Waals surface area contributed by atoms with Gasteiger partial charge in [-0.3, -0.25) is 4.79 Å². The molecule has 27 heavy (non-hydrogen) atoms. The second-order valence-corrected chi connectivity index (χ2v) is 7.23. The number of ether oxygens (including phenoxy) is 2. The summed E-state index contributed by atoms with van der Waals surface area (Å²) in [7, 11) is 3.30. The molecule has 1 heterocycles. The molecular formula is C22H23NO3S. The Morgan fingerprint density at radius 3 is 2.15 bits per heavy atom. The van der Waals surface area contributed by atoms with E-state index in [4.69, 9.17) is 9.47 Å². The van der Waals surface area contributed by atoms with Crippen LogP contribution in [0.3, 0.4) is 0 Å². The third kappa shape index (κ3) is 5.34. The molecule has 0 spiro atoms. The van der Waals surface area contributed by atoms with Crippen molar-refractivity contribution in [3.05, 3.63) is 82.0 Å². The van der Waals surface area contributed by atoms with E-state index in [1.165, 1.54) is 0 Å². The Morgan fingerprint density at radius 2 is 1.59 bits per heavy atom. The minimum Gasteiger partial charge on any atom is -0.497 e. The molecule has 0 fully saturated rings. The molecule has 0 aliphatic carbocycles. The van der Waals surface area contributed by atoms with Crippen LogP contribution in [-0.2, 0) is 17.6 Å². The average Bonchev–Trinajstić information content (AvgIpc) is 3.21. The van der Waals surface area contributed by atoms with E-state index in [9.17, 15) is 4.79 Å². The highest BCUT2D eigenvalue weighted by molar-refractivity contribution is 7.10. The Bertz CT molecular complexity index is 842. The molecule has 3 rings (SSSR count). The Hall–Kier alpha value is -2.79. The zero-order valence-electron chi connectivity index (χ0n) is 15.5. The van der Waals surface area contributed by atoms with Crippen molar-refractivity contribution in [1.82, 2.24) is 5.32 Å². The van der Waals surface area contributed by atoms with Gasteiger partial charge in [-0.2, -0.15) is 0 Å². The predicted octanol–water partition coefficient (Wildman–Crippen LogP) is 4.41. The monoisotopic (exact) mass is 381 g/mol. The summed E-state index contributed by atoms with van der Waals surface area (Å²) < 4.78 is 10.5. The minimum absolute atomic E-state index is 0.0202. The van der Waals surface area contributed by atoms with Crippen LogP contribution >= 0.6 is 11.3 Å². The van der Waals surface area contributed by atoms with Gasteiger partial charge in [0.1, 0.15) is 11.5 Å². The van der Waals surface area contributed by atoms with Crippen LogP contribution < -0.4 is 14.8 Å². The van der Waals surface area contributed by atoms with Gasteiger partial charge >= 0.3 is 0 Å². The number of benzene rings is 2. The Labute approximate surface area is 163 Å². The molecule has 0 radical (unpaired) electrons. The van der Waals surface area contributed by atoms with E-state index in [1.807, 2.05) is 66.0 Å². The maximum Gasteiger partial charge on any atom is 0.225 e. The van der Waals surface area contributed by atoms with Gasteiger partial charge in [-0.1, -0.05) is 30.3 Å². The number of nitrogens with one attached hydrogen (secondary N) is 1. The first-order valence-electron chi connectivity index (χ1n) is 8.76. The number of amides is 1. The largest absolute Gasteiger partial charge is 0.497 e. The van der Waals surface area contributed by atoms with E-state index in [2.05, 4.69) is 5.32 Å². The van der Waals surface area contributed by atoms with E-state index in [1.54, 1.807) is 25.6 Å². The second-order valence-electron chi connectivity index (χ2n) is 6.20. The molecule has 5 heteroatoms. The third-order valence-corrected chi connectivity index (χ3v) is 5.24. The molecule has 0 aliphatic heterocycles. The number of rotatable bonds is 8. The summed E-state index contributed by atoms with van der Waals surface area (Å²) in [6.45, 7) is 0. The molecule has 0 bridgehead atoms. The van der Waals surface area contributed by atoms with Crippen molar-refractivity contribution in [2.24, 2.45) is 0 Å². The van der Waals surface area contributed by atoms with Crippen LogP contribution in [0.5, 0.6) is 11.5 Å². The lowest BCUT2D eigenvalue weighted by Gasteiger charge is -2.20. The average molecular weight is 381 g/mol. The molecule has 3 aromatic rings. The SMILES string of the molecule is COc1ccc(CC(NC(=O)Cc2cccs2)c2ccc(OC)cc2)cc1. The summed E-state index contributed by atoms with van der Waals surface area (Å²) in [5.41, 5.74) is 2.18. The van der Waals surface area contributed by atoms with Crippen LogP contribution in [0.25, 0.3) is 0 Å². The summed E-state index contributed by atoms with van der Waals surface area (Å²) in [5.74, 6) is 1.64. The van der Waals surface area contributed by atoms with E-state index in [-0.39, 0.29) is 11.9 Å².